The summed E-state index contributed by atoms with van der Waals surface area (Å²) in [5.41, 5.74) is 6.78. The number of hydrogen-bond acceptors (Lipinski definition) is 3. The minimum atomic E-state index is -0.277. The first kappa shape index (κ1) is 14.2. The van der Waals surface area contributed by atoms with Crippen molar-refractivity contribution in [2.24, 2.45) is 5.73 Å². The van der Waals surface area contributed by atoms with E-state index in [4.69, 9.17) is 17.3 Å². The molecule has 0 atom stereocenters. The zero-order valence-corrected chi connectivity index (χ0v) is 12.3. The van der Waals surface area contributed by atoms with Gasteiger partial charge in [-0.25, -0.2) is 9.37 Å². The van der Waals surface area contributed by atoms with Crippen molar-refractivity contribution < 1.29 is 4.39 Å². The highest BCUT2D eigenvalue weighted by atomic mass is 79.9. The number of nitrogens with zero attached hydrogens (tertiary/aromatic N) is 1. The predicted molar refractivity (Wildman–Crippen MR) is 78.6 cm³/mol. The van der Waals surface area contributed by atoms with Gasteiger partial charge in [0, 0.05) is 24.8 Å². The van der Waals surface area contributed by atoms with Gasteiger partial charge in [0.15, 0.2) is 0 Å². The first-order valence-electron chi connectivity index (χ1n) is 5.62. The molecule has 0 fully saturated rings. The van der Waals surface area contributed by atoms with E-state index in [-0.39, 0.29) is 5.82 Å². The number of benzene rings is 1. The van der Waals surface area contributed by atoms with E-state index >= 15 is 0 Å². The monoisotopic (exact) mass is 343 g/mol. The minimum Gasteiger partial charge on any atom is -0.365 e. The predicted octanol–water partition coefficient (Wildman–Crippen LogP) is 3.71. The molecule has 3 nitrogen and oxygen atoms in total. The van der Waals surface area contributed by atoms with Gasteiger partial charge in [0.25, 0.3) is 0 Å². The Balaban J connectivity index is 2.10. The number of hydrogen-bond donors (Lipinski definition) is 2. The SMILES string of the molecule is NCc1ccc(CNc2ncc(Cl)cc2Br)c(F)c1. The molecule has 3 N–H and O–H groups in total. The van der Waals surface area contributed by atoms with Gasteiger partial charge < -0.3 is 11.1 Å². The summed E-state index contributed by atoms with van der Waals surface area (Å²) in [5, 5.41) is 3.58. The highest BCUT2D eigenvalue weighted by Gasteiger charge is 2.06. The van der Waals surface area contributed by atoms with Crippen LogP contribution in [-0.2, 0) is 13.1 Å². The number of nitrogens with one attached hydrogen (secondary N) is 1. The molecule has 0 saturated heterocycles. The van der Waals surface area contributed by atoms with Gasteiger partial charge in [-0.05, 0) is 33.6 Å². The van der Waals surface area contributed by atoms with Crippen molar-refractivity contribution in [1.82, 2.24) is 4.98 Å². The number of nitrogens with two attached hydrogens (primary N) is 1. The Morgan fingerprint density at radius 2 is 2.16 bits per heavy atom. The Labute approximate surface area is 124 Å². The second-order valence-electron chi connectivity index (χ2n) is 3.97. The maximum atomic E-state index is 13.8. The fraction of sp³-hybridized carbons (Fsp3) is 0.154. The van der Waals surface area contributed by atoms with Crippen molar-refractivity contribution in [2.45, 2.75) is 13.1 Å². The zero-order valence-electron chi connectivity index (χ0n) is 9.96. The van der Waals surface area contributed by atoms with Gasteiger partial charge >= 0.3 is 0 Å². The van der Waals surface area contributed by atoms with Crippen LogP contribution in [0.3, 0.4) is 0 Å². The summed E-state index contributed by atoms with van der Waals surface area (Å²) in [6, 6.07) is 6.70. The number of halogens is 3. The average molecular weight is 345 g/mol. The van der Waals surface area contributed by atoms with E-state index < -0.39 is 0 Å². The summed E-state index contributed by atoms with van der Waals surface area (Å²) in [4.78, 5) is 4.12. The first-order chi connectivity index (χ1) is 9.10. The van der Waals surface area contributed by atoms with Crippen LogP contribution in [0, 0.1) is 5.82 Å². The highest BCUT2D eigenvalue weighted by molar-refractivity contribution is 9.10. The Morgan fingerprint density at radius 3 is 2.79 bits per heavy atom. The molecule has 1 aromatic heterocycles. The maximum absolute atomic E-state index is 13.8. The Kier molecular flexibility index (Phi) is 4.74. The molecule has 0 radical (unpaired) electrons. The molecule has 1 heterocycles. The molecule has 0 unspecified atom stereocenters. The number of pyridine rings is 1. The second kappa shape index (κ2) is 6.32. The number of aromatic nitrogens is 1. The van der Waals surface area contributed by atoms with E-state index in [0.717, 1.165) is 10.0 Å². The summed E-state index contributed by atoms with van der Waals surface area (Å²) in [7, 11) is 0. The van der Waals surface area contributed by atoms with Gasteiger partial charge in [-0.3, -0.25) is 0 Å². The molecular formula is C13H12BrClFN3. The van der Waals surface area contributed by atoms with Crippen LogP contribution >= 0.6 is 27.5 Å². The van der Waals surface area contributed by atoms with Crippen LogP contribution in [0.1, 0.15) is 11.1 Å². The van der Waals surface area contributed by atoms with Crippen molar-refractivity contribution in [3.05, 3.63) is 56.9 Å². The smallest absolute Gasteiger partial charge is 0.140 e. The minimum absolute atomic E-state index is 0.277. The van der Waals surface area contributed by atoms with Crippen molar-refractivity contribution >= 4 is 33.3 Å². The van der Waals surface area contributed by atoms with Crippen LogP contribution in [0.2, 0.25) is 5.02 Å². The first-order valence-corrected chi connectivity index (χ1v) is 6.79. The summed E-state index contributed by atoms with van der Waals surface area (Å²) in [6.45, 7) is 0.666. The van der Waals surface area contributed by atoms with Crippen LogP contribution in [-0.4, -0.2) is 4.98 Å². The van der Waals surface area contributed by atoms with Crippen LogP contribution in [0.25, 0.3) is 0 Å². The van der Waals surface area contributed by atoms with Crippen LogP contribution < -0.4 is 11.1 Å². The lowest BCUT2D eigenvalue weighted by molar-refractivity contribution is 0.610. The lowest BCUT2D eigenvalue weighted by Gasteiger charge is -2.09. The molecule has 0 amide bonds. The lowest BCUT2D eigenvalue weighted by Crippen LogP contribution is -2.05. The Hall–Kier alpha value is -1.17. The standard InChI is InChI=1S/C13H12BrClFN3/c14-11-4-10(15)7-19-13(11)18-6-9-2-1-8(5-17)3-12(9)16/h1-4,7H,5-6,17H2,(H,18,19). The highest BCUT2D eigenvalue weighted by Crippen LogP contribution is 2.23. The molecule has 19 heavy (non-hydrogen) atoms. The quantitative estimate of drug-likeness (QED) is 0.889. The molecule has 1 aromatic carbocycles. The molecule has 2 aromatic rings. The summed E-state index contributed by atoms with van der Waals surface area (Å²) >= 11 is 9.14. The van der Waals surface area contributed by atoms with Crippen LogP contribution in [0.15, 0.2) is 34.9 Å². The maximum Gasteiger partial charge on any atom is 0.140 e. The van der Waals surface area contributed by atoms with E-state index in [9.17, 15) is 4.39 Å². The van der Waals surface area contributed by atoms with E-state index in [1.54, 1.807) is 12.1 Å². The fourth-order valence-corrected chi connectivity index (χ4v) is 2.36. The average Bonchev–Trinajstić information content (AvgIpc) is 2.39. The molecule has 0 aliphatic rings. The fourth-order valence-electron chi connectivity index (χ4n) is 1.58. The Bertz CT molecular complexity index is 592. The van der Waals surface area contributed by atoms with Crippen LogP contribution in [0.5, 0.6) is 0 Å². The van der Waals surface area contributed by atoms with Gasteiger partial charge in [-0.2, -0.15) is 0 Å². The largest absolute Gasteiger partial charge is 0.365 e. The second-order valence-corrected chi connectivity index (χ2v) is 5.26. The van der Waals surface area contributed by atoms with Gasteiger partial charge in [0.05, 0.1) is 9.50 Å². The van der Waals surface area contributed by atoms with Gasteiger partial charge in [0.2, 0.25) is 0 Å². The molecule has 100 valence electrons. The van der Waals surface area contributed by atoms with Crippen molar-refractivity contribution in [3.8, 4) is 0 Å². The lowest BCUT2D eigenvalue weighted by atomic mass is 10.1. The summed E-state index contributed by atoms with van der Waals surface area (Å²) < 4.78 is 14.5. The van der Waals surface area contributed by atoms with Crippen LogP contribution in [0.4, 0.5) is 10.2 Å². The molecule has 0 spiro atoms. The summed E-state index contributed by atoms with van der Waals surface area (Å²) in [5.74, 6) is 0.340. The van der Waals surface area contributed by atoms with E-state index in [1.807, 2.05) is 6.07 Å². The van der Waals surface area contributed by atoms with Crippen molar-refractivity contribution in [3.63, 3.8) is 0 Å². The van der Waals surface area contributed by atoms with E-state index in [1.165, 1.54) is 12.3 Å². The molecule has 0 aliphatic carbocycles. The zero-order chi connectivity index (χ0) is 13.8. The third kappa shape index (κ3) is 3.65. The third-order valence-electron chi connectivity index (χ3n) is 2.61. The number of anilines is 1. The normalized spacial score (nSPS) is 10.5. The number of rotatable bonds is 4. The van der Waals surface area contributed by atoms with Gasteiger partial charge in [-0.1, -0.05) is 23.7 Å². The molecular weight excluding hydrogens is 333 g/mol. The van der Waals surface area contributed by atoms with Crippen molar-refractivity contribution in [1.29, 1.82) is 0 Å². The molecule has 0 bridgehead atoms. The van der Waals surface area contributed by atoms with Gasteiger partial charge in [-0.15, -0.1) is 0 Å². The molecule has 2 rings (SSSR count). The molecule has 6 heteroatoms. The molecule has 0 aliphatic heterocycles. The van der Waals surface area contributed by atoms with E-state index in [2.05, 4.69) is 26.2 Å². The summed E-state index contributed by atoms with van der Waals surface area (Å²) in [6.07, 6.45) is 1.53. The van der Waals surface area contributed by atoms with Gasteiger partial charge in [0.1, 0.15) is 11.6 Å². The Morgan fingerprint density at radius 1 is 1.37 bits per heavy atom. The van der Waals surface area contributed by atoms with Crippen molar-refractivity contribution in [2.75, 3.05) is 5.32 Å². The third-order valence-corrected chi connectivity index (χ3v) is 3.42. The molecule has 0 saturated carbocycles. The topological polar surface area (TPSA) is 50.9 Å². The van der Waals surface area contributed by atoms with E-state index in [0.29, 0.717) is 29.5 Å².